The standard InChI is InChI=1S/C12H15ClN2O4/c1-19-7-3-2-6-14-12(16)10-8-9(13)4-5-11(10)15(17)18/h4-5,8H,2-3,6-7H2,1H3,(H,14,16). The molecule has 1 N–H and O–H groups in total. The van der Waals surface area contributed by atoms with Crippen molar-refractivity contribution in [3.63, 3.8) is 0 Å². The second-order valence-electron chi connectivity index (χ2n) is 3.87. The number of nitrogens with zero attached hydrogens (tertiary/aromatic N) is 1. The Bertz CT molecular complexity index is 465. The van der Waals surface area contributed by atoms with Gasteiger partial charge in [-0.2, -0.15) is 0 Å². The maximum absolute atomic E-state index is 11.8. The van der Waals surface area contributed by atoms with Crippen LogP contribution in [0.2, 0.25) is 5.02 Å². The van der Waals surface area contributed by atoms with Gasteiger partial charge >= 0.3 is 0 Å². The molecule has 19 heavy (non-hydrogen) atoms. The van der Waals surface area contributed by atoms with Gasteiger partial charge in [-0.25, -0.2) is 0 Å². The number of benzene rings is 1. The number of nitro groups is 1. The summed E-state index contributed by atoms with van der Waals surface area (Å²) in [5, 5.41) is 13.7. The molecule has 7 heteroatoms. The molecule has 0 unspecified atom stereocenters. The van der Waals surface area contributed by atoms with Crippen molar-refractivity contribution in [3.05, 3.63) is 38.9 Å². The Hall–Kier alpha value is -1.66. The number of nitro benzene ring substituents is 1. The molecule has 1 amide bonds. The van der Waals surface area contributed by atoms with Crippen molar-refractivity contribution in [1.29, 1.82) is 0 Å². The average molecular weight is 287 g/mol. The van der Waals surface area contributed by atoms with E-state index >= 15 is 0 Å². The molecule has 0 aliphatic heterocycles. The molecule has 6 nitrogen and oxygen atoms in total. The fourth-order valence-corrected chi connectivity index (χ4v) is 1.69. The summed E-state index contributed by atoms with van der Waals surface area (Å²) < 4.78 is 4.88. The van der Waals surface area contributed by atoms with Crippen molar-refractivity contribution in [2.45, 2.75) is 12.8 Å². The van der Waals surface area contributed by atoms with Crippen molar-refractivity contribution in [3.8, 4) is 0 Å². The highest BCUT2D eigenvalue weighted by Gasteiger charge is 2.19. The largest absolute Gasteiger partial charge is 0.385 e. The molecule has 0 saturated heterocycles. The van der Waals surface area contributed by atoms with E-state index in [1.54, 1.807) is 7.11 Å². The maximum atomic E-state index is 11.8. The summed E-state index contributed by atoms with van der Waals surface area (Å²) in [5.74, 6) is -0.494. The molecule has 0 atom stereocenters. The summed E-state index contributed by atoms with van der Waals surface area (Å²) in [5.41, 5.74) is -0.275. The number of methoxy groups -OCH3 is 1. The number of ether oxygens (including phenoxy) is 1. The molecule has 0 radical (unpaired) electrons. The van der Waals surface area contributed by atoms with Gasteiger partial charge in [0.05, 0.1) is 4.92 Å². The molecular weight excluding hydrogens is 272 g/mol. The van der Waals surface area contributed by atoms with E-state index in [4.69, 9.17) is 16.3 Å². The van der Waals surface area contributed by atoms with E-state index in [1.807, 2.05) is 0 Å². The Balaban J connectivity index is 2.65. The van der Waals surface area contributed by atoms with Crippen LogP contribution < -0.4 is 5.32 Å². The summed E-state index contributed by atoms with van der Waals surface area (Å²) in [4.78, 5) is 22.1. The van der Waals surface area contributed by atoms with Crippen molar-refractivity contribution in [2.24, 2.45) is 0 Å². The van der Waals surface area contributed by atoms with Gasteiger partial charge in [0.25, 0.3) is 11.6 Å². The minimum atomic E-state index is -0.601. The molecule has 0 aliphatic rings. The highest BCUT2D eigenvalue weighted by atomic mass is 35.5. The van der Waals surface area contributed by atoms with Crippen LogP contribution in [-0.4, -0.2) is 31.1 Å². The van der Waals surface area contributed by atoms with Crippen molar-refractivity contribution in [2.75, 3.05) is 20.3 Å². The van der Waals surface area contributed by atoms with Crippen molar-refractivity contribution >= 4 is 23.2 Å². The predicted molar refractivity (Wildman–Crippen MR) is 71.5 cm³/mol. The van der Waals surface area contributed by atoms with Gasteiger partial charge < -0.3 is 10.1 Å². The zero-order valence-electron chi connectivity index (χ0n) is 10.5. The second-order valence-corrected chi connectivity index (χ2v) is 4.31. The number of hydrogen-bond acceptors (Lipinski definition) is 4. The third-order valence-electron chi connectivity index (χ3n) is 2.46. The van der Waals surface area contributed by atoms with E-state index in [-0.39, 0.29) is 16.3 Å². The molecule has 1 aromatic rings. The monoisotopic (exact) mass is 286 g/mol. The van der Waals surface area contributed by atoms with Crippen LogP contribution in [0.5, 0.6) is 0 Å². The summed E-state index contributed by atoms with van der Waals surface area (Å²) in [6, 6.07) is 3.90. The number of carbonyl (C=O) groups excluding carboxylic acids is 1. The number of rotatable bonds is 7. The predicted octanol–water partition coefficient (Wildman–Crippen LogP) is 2.40. The molecule has 1 rings (SSSR count). The van der Waals surface area contributed by atoms with Crippen LogP contribution in [0.4, 0.5) is 5.69 Å². The third kappa shape index (κ3) is 4.84. The topological polar surface area (TPSA) is 81.5 Å². The highest BCUT2D eigenvalue weighted by molar-refractivity contribution is 6.31. The van der Waals surface area contributed by atoms with Crippen molar-refractivity contribution in [1.82, 2.24) is 5.32 Å². The zero-order chi connectivity index (χ0) is 14.3. The van der Waals surface area contributed by atoms with Gasteiger partial charge in [-0.1, -0.05) is 11.6 Å². The molecule has 0 saturated carbocycles. The Labute approximate surface area is 115 Å². The first-order chi connectivity index (χ1) is 9.06. The number of unbranched alkanes of at least 4 members (excludes halogenated alkanes) is 1. The number of hydrogen-bond donors (Lipinski definition) is 1. The van der Waals surface area contributed by atoms with Gasteiger partial charge in [0.1, 0.15) is 5.56 Å². The minimum Gasteiger partial charge on any atom is -0.385 e. The number of carbonyl (C=O) groups is 1. The smallest absolute Gasteiger partial charge is 0.282 e. The Morgan fingerprint density at radius 1 is 1.47 bits per heavy atom. The lowest BCUT2D eigenvalue weighted by Crippen LogP contribution is -2.25. The van der Waals surface area contributed by atoms with Gasteiger partial charge in [-0.15, -0.1) is 0 Å². The highest BCUT2D eigenvalue weighted by Crippen LogP contribution is 2.22. The summed E-state index contributed by atoms with van der Waals surface area (Å²) in [7, 11) is 1.61. The van der Waals surface area contributed by atoms with Gasteiger partial charge in [0.2, 0.25) is 0 Å². The molecule has 1 aromatic carbocycles. The molecular formula is C12H15ClN2O4. The number of amides is 1. The first-order valence-electron chi connectivity index (χ1n) is 5.77. The lowest BCUT2D eigenvalue weighted by atomic mass is 10.1. The van der Waals surface area contributed by atoms with E-state index < -0.39 is 10.8 Å². The van der Waals surface area contributed by atoms with Crippen LogP contribution in [0.25, 0.3) is 0 Å². The first kappa shape index (κ1) is 15.4. The molecule has 104 valence electrons. The Morgan fingerprint density at radius 2 is 2.21 bits per heavy atom. The minimum absolute atomic E-state index is 0.0239. The number of halogens is 1. The molecule has 0 bridgehead atoms. The molecule has 0 aromatic heterocycles. The average Bonchev–Trinajstić information content (AvgIpc) is 2.37. The van der Waals surface area contributed by atoms with E-state index in [0.717, 1.165) is 12.8 Å². The first-order valence-corrected chi connectivity index (χ1v) is 6.15. The van der Waals surface area contributed by atoms with Gasteiger partial charge in [-0.3, -0.25) is 14.9 Å². The SMILES string of the molecule is COCCCCNC(=O)c1cc(Cl)ccc1[N+](=O)[O-]. The lowest BCUT2D eigenvalue weighted by Gasteiger charge is -2.06. The van der Waals surface area contributed by atoms with E-state index in [9.17, 15) is 14.9 Å². The van der Waals surface area contributed by atoms with Crippen LogP contribution in [0.3, 0.4) is 0 Å². The lowest BCUT2D eigenvalue weighted by molar-refractivity contribution is -0.385. The van der Waals surface area contributed by atoms with E-state index in [0.29, 0.717) is 13.2 Å². The fourth-order valence-electron chi connectivity index (χ4n) is 1.52. The quantitative estimate of drug-likeness (QED) is 0.474. The second kappa shape index (κ2) is 7.70. The van der Waals surface area contributed by atoms with E-state index in [1.165, 1.54) is 18.2 Å². The molecule has 0 spiro atoms. The number of nitrogens with one attached hydrogen (secondary N) is 1. The summed E-state index contributed by atoms with van der Waals surface area (Å²) in [6.07, 6.45) is 1.56. The van der Waals surface area contributed by atoms with Gasteiger partial charge in [0.15, 0.2) is 0 Å². The van der Waals surface area contributed by atoms with Crippen LogP contribution in [0.1, 0.15) is 23.2 Å². The van der Waals surface area contributed by atoms with Crippen LogP contribution in [0.15, 0.2) is 18.2 Å². The van der Waals surface area contributed by atoms with Gasteiger partial charge in [0, 0.05) is 31.4 Å². The zero-order valence-corrected chi connectivity index (χ0v) is 11.3. The molecule has 0 fully saturated rings. The maximum Gasteiger partial charge on any atom is 0.282 e. The molecule has 0 heterocycles. The van der Waals surface area contributed by atoms with Crippen LogP contribution in [-0.2, 0) is 4.74 Å². The van der Waals surface area contributed by atoms with Crippen LogP contribution >= 0.6 is 11.6 Å². The Morgan fingerprint density at radius 3 is 2.84 bits per heavy atom. The van der Waals surface area contributed by atoms with Gasteiger partial charge in [-0.05, 0) is 25.0 Å². The van der Waals surface area contributed by atoms with Crippen molar-refractivity contribution < 1.29 is 14.5 Å². The normalized spacial score (nSPS) is 10.2. The fraction of sp³-hybridized carbons (Fsp3) is 0.417. The third-order valence-corrected chi connectivity index (χ3v) is 2.70. The summed E-state index contributed by atoms with van der Waals surface area (Å²) >= 11 is 5.75. The molecule has 0 aliphatic carbocycles. The summed E-state index contributed by atoms with van der Waals surface area (Å²) in [6.45, 7) is 1.05. The van der Waals surface area contributed by atoms with Crippen LogP contribution in [0, 0.1) is 10.1 Å². The Kier molecular flexibility index (Phi) is 6.24. The van der Waals surface area contributed by atoms with E-state index in [2.05, 4.69) is 5.32 Å².